The van der Waals surface area contributed by atoms with E-state index in [9.17, 15) is 4.79 Å². The second-order valence-electron chi connectivity index (χ2n) is 8.09. The summed E-state index contributed by atoms with van der Waals surface area (Å²) in [5.41, 5.74) is 2.25. The maximum Gasteiger partial charge on any atom is 0.414 e. The normalized spacial score (nSPS) is 21.2. The van der Waals surface area contributed by atoms with Gasteiger partial charge in [0.2, 0.25) is 0 Å². The van der Waals surface area contributed by atoms with Crippen molar-refractivity contribution >= 4 is 17.8 Å². The van der Waals surface area contributed by atoms with Crippen molar-refractivity contribution in [2.24, 2.45) is 0 Å². The topological polar surface area (TPSA) is 111 Å². The zero-order chi connectivity index (χ0) is 22.9. The van der Waals surface area contributed by atoms with Gasteiger partial charge in [-0.1, -0.05) is 30.3 Å². The van der Waals surface area contributed by atoms with Crippen LogP contribution in [0.5, 0.6) is 0 Å². The summed E-state index contributed by atoms with van der Waals surface area (Å²) in [6, 6.07) is 15.2. The second-order valence-corrected chi connectivity index (χ2v) is 8.09. The highest BCUT2D eigenvalue weighted by atomic mass is 16.4. The molecule has 1 aromatic carbocycles. The van der Waals surface area contributed by atoms with Crippen LogP contribution < -0.4 is 0 Å². The number of aliphatic carboxylic acids is 2. The van der Waals surface area contributed by atoms with Crippen LogP contribution in [0.25, 0.3) is 0 Å². The summed E-state index contributed by atoms with van der Waals surface area (Å²) in [5, 5.41) is 14.8. The molecule has 1 aliphatic heterocycles. The van der Waals surface area contributed by atoms with E-state index in [1.54, 1.807) is 24.5 Å². The van der Waals surface area contributed by atoms with Crippen molar-refractivity contribution in [3.8, 4) is 0 Å². The van der Waals surface area contributed by atoms with Gasteiger partial charge < -0.3 is 15.1 Å². The van der Waals surface area contributed by atoms with Crippen LogP contribution in [-0.2, 0) is 9.59 Å². The van der Waals surface area contributed by atoms with Crippen LogP contribution >= 0.6 is 0 Å². The molecule has 1 amide bonds. The van der Waals surface area contributed by atoms with Gasteiger partial charge in [0.15, 0.2) is 0 Å². The Labute approximate surface area is 187 Å². The Kier molecular flexibility index (Phi) is 8.33. The maximum atomic E-state index is 12.6. The number of nitrogens with zero attached hydrogens (tertiary/aromatic N) is 3. The summed E-state index contributed by atoms with van der Waals surface area (Å²) in [4.78, 5) is 39.4. The molecule has 2 N–H and O–H groups in total. The van der Waals surface area contributed by atoms with Gasteiger partial charge in [0.25, 0.3) is 5.91 Å². The van der Waals surface area contributed by atoms with Gasteiger partial charge in [-0.15, -0.1) is 0 Å². The highest BCUT2D eigenvalue weighted by molar-refractivity contribution is 6.27. The Morgan fingerprint density at radius 3 is 1.88 bits per heavy atom. The molecule has 4 rings (SSSR count). The molecule has 0 spiro atoms. The molecule has 8 heteroatoms. The number of pyridine rings is 1. The van der Waals surface area contributed by atoms with Gasteiger partial charge in [-0.3, -0.25) is 14.7 Å². The van der Waals surface area contributed by atoms with E-state index < -0.39 is 11.9 Å². The minimum Gasteiger partial charge on any atom is -0.473 e. The molecule has 0 unspecified atom stereocenters. The van der Waals surface area contributed by atoms with Crippen molar-refractivity contribution in [1.82, 2.24) is 14.8 Å². The summed E-state index contributed by atoms with van der Waals surface area (Å²) >= 11 is 0. The Balaban J connectivity index is 0.000000427. The smallest absolute Gasteiger partial charge is 0.414 e. The van der Waals surface area contributed by atoms with E-state index in [1.807, 2.05) is 4.90 Å². The Hall–Kier alpha value is -3.26. The fraction of sp³-hybridized carbons (Fsp3) is 0.417. The first-order valence-electron chi connectivity index (χ1n) is 10.9. The predicted octanol–water partition coefficient (Wildman–Crippen LogP) is 2.72. The zero-order valence-corrected chi connectivity index (χ0v) is 18.0. The van der Waals surface area contributed by atoms with Gasteiger partial charge in [0, 0.05) is 50.2 Å². The van der Waals surface area contributed by atoms with Crippen molar-refractivity contribution in [2.75, 3.05) is 26.2 Å². The average Bonchev–Trinajstić information content (AvgIpc) is 2.85. The summed E-state index contributed by atoms with van der Waals surface area (Å²) in [6.45, 7) is 3.66. The van der Waals surface area contributed by atoms with Crippen LogP contribution in [0.1, 0.15) is 47.5 Å². The molecular formula is C24H29N3O5. The fourth-order valence-corrected chi connectivity index (χ4v) is 4.47. The van der Waals surface area contributed by atoms with Crippen LogP contribution in [-0.4, -0.2) is 75.1 Å². The van der Waals surface area contributed by atoms with E-state index in [-0.39, 0.29) is 5.91 Å². The standard InChI is InChI=1S/C22H27N3O.C2H2O4/c26-22(20-10-12-23-13-11-20)25-16-14-24(15-17-25)21-8-6-19(7-9-21)18-4-2-1-3-5-18;3-1(4)2(5)6/h1-5,10-13,19,21H,6-9,14-17H2;(H,3,4)(H,5,6). The molecule has 170 valence electrons. The number of carboxylic acid groups (broad SMARTS) is 2. The molecule has 0 bridgehead atoms. The van der Waals surface area contributed by atoms with Crippen molar-refractivity contribution < 1.29 is 24.6 Å². The quantitative estimate of drug-likeness (QED) is 0.708. The summed E-state index contributed by atoms with van der Waals surface area (Å²) in [5.74, 6) is -2.79. The lowest BCUT2D eigenvalue weighted by Gasteiger charge is -2.42. The molecule has 0 atom stereocenters. The van der Waals surface area contributed by atoms with Crippen LogP contribution in [0, 0.1) is 0 Å². The van der Waals surface area contributed by atoms with E-state index >= 15 is 0 Å². The van der Waals surface area contributed by atoms with E-state index in [4.69, 9.17) is 19.8 Å². The monoisotopic (exact) mass is 439 g/mol. The highest BCUT2D eigenvalue weighted by Gasteiger charge is 2.30. The molecule has 2 aliphatic rings. The number of hydrogen-bond donors (Lipinski definition) is 2. The fourth-order valence-electron chi connectivity index (χ4n) is 4.47. The number of carbonyl (C=O) groups excluding carboxylic acids is 1. The largest absolute Gasteiger partial charge is 0.473 e. The van der Waals surface area contributed by atoms with E-state index in [0.717, 1.165) is 37.7 Å². The van der Waals surface area contributed by atoms with Gasteiger partial charge in [0.1, 0.15) is 0 Å². The number of benzene rings is 1. The summed E-state index contributed by atoms with van der Waals surface area (Å²) < 4.78 is 0. The number of aromatic nitrogens is 1. The van der Waals surface area contributed by atoms with Crippen molar-refractivity contribution in [2.45, 2.75) is 37.6 Å². The van der Waals surface area contributed by atoms with Crippen LogP contribution in [0.4, 0.5) is 0 Å². The van der Waals surface area contributed by atoms with Crippen LogP contribution in [0.2, 0.25) is 0 Å². The van der Waals surface area contributed by atoms with Gasteiger partial charge in [-0.2, -0.15) is 0 Å². The van der Waals surface area contributed by atoms with Gasteiger partial charge in [-0.05, 0) is 49.3 Å². The third-order valence-corrected chi connectivity index (χ3v) is 6.20. The third kappa shape index (κ3) is 6.37. The number of amides is 1. The molecule has 1 aliphatic carbocycles. The molecule has 0 radical (unpaired) electrons. The summed E-state index contributed by atoms with van der Waals surface area (Å²) in [6.07, 6.45) is 8.49. The van der Waals surface area contributed by atoms with Crippen molar-refractivity contribution in [3.63, 3.8) is 0 Å². The average molecular weight is 440 g/mol. The number of rotatable bonds is 3. The van der Waals surface area contributed by atoms with Gasteiger partial charge >= 0.3 is 11.9 Å². The Morgan fingerprint density at radius 2 is 1.34 bits per heavy atom. The molecule has 2 fully saturated rings. The van der Waals surface area contributed by atoms with Crippen LogP contribution in [0.3, 0.4) is 0 Å². The lowest BCUT2D eigenvalue weighted by atomic mass is 9.81. The minimum atomic E-state index is -1.82. The van der Waals surface area contributed by atoms with Crippen molar-refractivity contribution in [3.05, 3.63) is 66.0 Å². The predicted molar refractivity (Wildman–Crippen MR) is 118 cm³/mol. The molecule has 2 aromatic rings. The Bertz CT molecular complexity index is 878. The number of hydrogen-bond acceptors (Lipinski definition) is 5. The molecule has 8 nitrogen and oxygen atoms in total. The number of carbonyl (C=O) groups is 3. The molecule has 2 heterocycles. The van der Waals surface area contributed by atoms with E-state index in [2.05, 4.69) is 40.2 Å². The zero-order valence-electron chi connectivity index (χ0n) is 18.0. The third-order valence-electron chi connectivity index (χ3n) is 6.20. The van der Waals surface area contributed by atoms with E-state index in [0.29, 0.717) is 6.04 Å². The molecule has 1 saturated heterocycles. The molecule has 1 aromatic heterocycles. The molecule has 1 saturated carbocycles. The second kappa shape index (κ2) is 11.4. The number of piperazine rings is 1. The summed E-state index contributed by atoms with van der Waals surface area (Å²) in [7, 11) is 0. The van der Waals surface area contributed by atoms with Crippen molar-refractivity contribution in [1.29, 1.82) is 0 Å². The van der Waals surface area contributed by atoms with E-state index in [1.165, 1.54) is 31.2 Å². The van der Waals surface area contributed by atoms with Gasteiger partial charge in [0.05, 0.1) is 0 Å². The molecular weight excluding hydrogens is 410 g/mol. The first kappa shape index (κ1) is 23.4. The van der Waals surface area contributed by atoms with Gasteiger partial charge in [-0.25, -0.2) is 9.59 Å². The van der Waals surface area contributed by atoms with Crippen LogP contribution in [0.15, 0.2) is 54.9 Å². The SMILES string of the molecule is O=C(O)C(=O)O.O=C(c1ccncc1)N1CCN(C2CCC(c3ccccc3)CC2)CC1. The lowest BCUT2D eigenvalue weighted by molar-refractivity contribution is -0.159. The molecule has 32 heavy (non-hydrogen) atoms. The first-order valence-corrected chi connectivity index (χ1v) is 10.9. The first-order chi connectivity index (χ1) is 15.5. The minimum absolute atomic E-state index is 0.139. The highest BCUT2D eigenvalue weighted by Crippen LogP contribution is 2.34. The number of carboxylic acids is 2. The maximum absolute atomic E-state index is 12.6. The Morgan fingerprint density at radius 1 is 0.781 bits per heavy atom. The lowest BCUT2D eigenvalue weighted by Crippen LogP contribution is -2.52.